The summed E-state index contributed by atoms with van der Waals surface area (Å²) in [4.78, 5) is 0. The average molecular weight is 260 g/mol. The van der Waals surface area contributed by atoms with E-state index >= 15 is 0 Å². The fourth-order valence-corrected chi connectivity index (χ4v) is 2.04. The summed E-state index contributed by atoms with van der Waals surface area (Å²) in [6.45, 7) is 9.45. The van der Waals surface area contributed by atoms with Gasteiger partial charge >= 0.3 is 0 Å². The molecule has 2 aromatic rings. The van der Waals surface area contributed by atoms with Crippen molar-refractivity contribution in [1.82, 2.24) is 9.78 Å². The highest BCUT2D eigenvalue weighted by Gasteiger charge is 2.16. The van der Waals surface area contributed by atoms with Gasteiger partial charge in [0.25, 0.3) is 0 Å². The second kappa shape index (κ2) is 4.73. The van der Waals surface area contributed by atoms with E-state index in [9.17, 15) is 0 Å². The third-order valence-corrected chi connectivity index (χ3v) is 3.40. The van der Waals surface area contributed by atoms with Gasteiger partial charge in [0.1, 0.15) is 4.64 Å². The minimum absolute atomic E-state index is 0.103. The third-order valence-electron chi connectivity index (χ3n) is 3.06. The molecule has 0 saturated heterocycles. The molecule has 0 aliphatic carbocycles. The van der Waals surface area contributed by atoms with Crippen LogP contribution in [0.4, 0.5) is 0 Å². The van der Waals surface area contributed by atoms with E-state index in [0.29, 0.717) is 0 Å². The Morgan fingerprint density at radius 2 is 1.78 bits per heavy atom. The first-order chi connectivity index (χ1) is 8.36. The molecule has 0 aliphatic rings. The summed E-state index contributed by atoms with van der Waals surface area (Å²) in [7, 11) is 0. The van der Waals surface area contributed by atoms with Gasteiger partial charge in [-0.2, -0.15) is 0 Å². The SMILES string of the molecule is Cc1ccc(Cn2[nH]c(C(C)(C)C)cc2=S)cc1. The van der Waals surface area contributed by atoms with Gasteiger partial charge in [-0.3, -0.25) is 4.68 Å². The molecule has 1 heterocycles. The molecule has 1 N–H and O–H groups in total. The molecule has 1 aromatic heterocycles. The second-order valence-electron chi connectivity index (χ2n) is 5.83. The number of hydrogen-bond acceptors (Lipinski definition) is 1. The van der Waals surface area contributed by atoms with Crippen LogP contribution in [0.1, 0.15) is 37.6 Å². The molecule has 2 rings (SSSR count). The molecule has 0 atom stereocenters. The van der Waals surface area contributed by atoms with Crippen molar-refractivity contribution >= 4 is 12.2 Å². The van der Waals surface area contributed by atoms with Gasteiger partial charge in [0.05, 0.1) is 6.54 Å². The number of benzene rings is 1. The first kappa shape index (κ1) is 13.1. The minimum atomic E-state index is 0.103. The van der Waals surface area contributed by atoms with Gasteiger partial charge in [0, 0.05) is 11.1 Å². The monoisotopic (exact) mass is 260 g/mol. The average Bonchev–Trinajstić information content (AvgIpc) is 2.63. The summed E-state index contributed by atoms with van der Waals surface area (Å²) in [5.74, 6) is 0. The van der Waals surface area contributed by atoms with Crippen LogP contribution in [0.25, 0.3) is 0 Å². The van der Waals surface area contributed by atoms with Crippen molar-refractivity contribution in [2.45, 2.75) is 39.7 Å². The predicted molar refractivity (Wildman–Crippen MR) is 78.6 cm³/mol. The first-order valence-electron chi connectivity index (χ1n) is 6.22. The molecule has 2 nitrogen and oxygen atoms in total. The quantitative estimate of drug-likeness (QED) is 0.803. The summed E-state index contributed by atoms with van der Waals surface area (Å²) in [6.07, 6.45) is 0. The Bertz CT molecular complexity index is 582. The van der Waals surface area contributed by atoms with Crippen LogP contribution in [0, 0.1) is 11.6 Å². The van der Waals surface area contributed by atoms with Gasteiger partial charge in [-0.25, -0.2) is 0 Å². The number of aryl methyl sites for hydroxylation is 1. The molecule has 0 spiro atoms. The molecule has 0 saturated carbocycles. The molecule has 1 aromatic carbocycles. The first-order valence-corrected chi connectivity index (χ1v) is 6.63. The lowest BCUT2D eigenvalue weighted by Gasteiger charge is -2.15. The van der Waals surface area contributed by atoms with Crippen LogP contribution in [-0.2, 0) is 12.0 Å². The van der Waals surface area contributed by atoms with Crippen LogP contribution >= 0.6 is 12.2 Å². The van der Waals surface area contributed by atoms with Crippen LogP contribution in [0.3, 0.4) is 0 Å². The predicted octanol–water partition coefficient (Wildman–Crippen LogP) is 4.20. The number of aromatic nitrogens is 2. The third kappa shape index (κ3) is 2.91. The van der Waals surface area contributed by atoms with Crippen molar-refractivity contribution in [1.29, 1.82) is 0 Å². The van der Waals surface area contributed by atoms with Gasteiger partial charge in [-0.15, -0.1) is 0 Å². The molecule has 0 bridgehead atoms. The molecule has 96 valence electrons. The van der Waals surface area contributed by atoms with Gasteiger partial charge in [-0.1, -0.05) is 62.8 Å². The van der Waals surface area contributed by atoms with E-state index < -0.39 is 0 Å². The van der Waals surface area contributed by atoms with Crippen LogP contribution in [-0.4, -0.2) is 9.78 Å². The van der Waals surface area contributed by atoms with E-state index in [2.05, 4.69) is 63.1 Å². The summed E-state index contributed by atoms with van der Waals surface area (Å²) in [6, 6.07) is 10.6. The number of nitrogens with one attached hydrogen (secondary N) is 1. The summed E-state index contributed by atoms with van der Waals surface area (Å²) >= 11 is 5.40. The standard InChI is InChI=1S/C15H20N2S/c1-11-5-7-12(8-6-11)10-17-14(18)9-13(16-17)15(2,3)4/h5-9,16H,10H2,1-4H3. The maximum atomic E-state index is 5.40. The summed E-state index contributed by atoms with van der Waals surface area (Å²) in [5, 5.41) is 3.40. The summed E-state index contributed by atoms with van der Waals surface area (Å²) in [5.41, 5.74) is 3.83. The van der Waals surface area contributed by atoms with Crippen molar-refractivity contribution in [3.05, 3.63) is 51.8 Å². The zero-order chi connectivity index (χ0) is 13.3. The number of nitrogens with zero attached hydrogens (tertiary/aromatic N) is 1. The maximum Gasteiger partial charge on any atom is 0.122 e. The van der Waals surface area contributed by atoms with Crippen molar-refractivity contribution in [3.8, 4) is 0 Å². The fraction of sp³-hybridized carbons (Fsp3) is 0.400. The van der Waals surface area contributed by atoms with E-state index in [4.69, 9.17) is 12.2 Å². The van der Waals surface area contributed by atoms with Gasteiger partial charge in [0.15, 0.2) is 0 Å². The van der Waals surface area contributed by atoms with Crippen LogP contribution in [0.5, 0.6) is 0 Å². The lowest BCUT2D eigenvalue weighted by atomic mass is 9.93. The van der Waals surface area contributed by atoms with Gasteiger partial charge < -0.3 is 5.10 Å². The number of H-pyrrole nitrogens is 1. The van der Waals surface area contributed by atoms with Crippen molar-refractivity contribution in [2.75, 3.05) is 0 Å². The summed E-state index contributed by atoms with van der Waals surface area (Å²) < 4.78 is 2.89. The fourth-order valence-electron chi connectivity index (χ4n) is 1.81. The van der Waals surface area contributed by atoms with Crippen molar-refractivity contribution < 1.29 is 0 Å². The molecular weight excluding hydrogens is 240 g/mol. The highest BCUT2D eigenvalue weighted by atomic mass is 32.1. The zero-order valence-electron chi connectivity index (χ0n) is 11.4. The van der Waals surface area contributed by atoms with Crippen molar-refractivity contribution in [2.24, 2.45) is 0 Å². The van der Waals surface area contributed by atoms with Crippen molar-refractivity contribution in [3.63, 3.8) is 0 Å². The Hall–Kier alpha value is -1.35. The van der Waals surface area contributed by atoms with E-state index in [1.165, 1.54) is 16.8 Å². The molecule has 0 unspecified atom stereocenters. The van der Waals surface area contributed by atoms with E-state index in [0.717, 1.165) is 11.2 Å². The Kier molecular flexibility index (Phi) is 3.44. The second-order valence-corrected chi connectivity index (χ2v) is 6.25. The zero-order valence-corrected chi connectivity index (χ0v) is 12.3. The highest BCUT2D eigenvalue weighted by Crippen LogP contribution is 2.20. The van der Waals surface area contributed by atoms with E-state index in [1.807, 2.05) is 4.68 Å². The Labute approximate surface area is 114 Å². The molecular formula is C15H20N2S. The van der Waals surface area contributed by atoms with E-state index in [-0.39, 0.29) is 5.41 Å². The maximum absolute atomic E-state index is 5.40. The Balaban J connectivity index is 2.27. The molecule has 0 radical (unpaired) electrons. The Morgan fingerprint density at radius 3 is 2.28 bits per heavy atom. The smallest absolute Gasteiger partial charge is 0.122 e. The number of aromatic amines is 1. The number of hydrogen-bond donors (Lipinski definition) is 1. The highest BCUT2D eigenvalue weighted by molar-refractivity contribution is 7.71. The molecule has 18 heavy (non-hydrogen) atoms. The topological polar surface area (TPSA) is 20.7 Å². The van der Waals surface area contributed by atoms with Crippen LogP contribution in [0.2, 0.25) is 0 Å². The lowest BCUT2D eigenvalue weighted by Crippen LogP contribution is -2.13. The Morgan fingerprint density at radius 1 is 1.17 bits per heavy atom. The molecule has 0 fully saturated rings. The van der Waals surface area contributed by atoms with Crippen LogP contribution in [0.15, 0.2) is 30.3 Å². The lowest BCUT2D eigenvalue weighted by molar-refractivity contribution is 0.544. The minimum Gasteiger partial charge on any atom is -0.301 e. The largest absolute Gasteiger partial charge is 0.301 e. The number of rotatable bonds is 2. The molecule has 0 amide bonds. The molecule has 3 heteroatoms. The van der Waals surface area contributed by atoms with Crippen LogP contribution < -0.4 is 0 Å². The van der Waals surface area contributed by atoms with Gasteiger partial charge in [0.2, 0.25) is 0 Å². The molecule has 0 aliphatic heterocycles. The van der Waals surface area contributed by atoms with Gasteiger partial charge in [-0.05, 0) is 18.6 Å². The van der Waals surface area contributed by atoms with E-state index in [1.54, 1.807) is 0 Å². The normalized spacial score (nSPS) is 11.8.